The molecule has 0 radical (unpaired) electrons. The molecule has 1 fully saturated rings. The van der Waals surface area contributed by atoms with Crippen molar-refractivity contribution in [1.29, 1.82) is 0 Å². The van der Waals surface area contributed by atoms with Crippen molar-refractivity contribution in [2.75, 3.05) is 6.61 Å². The van der Waals surface area contributed by atoms with E-state index in [0.29, 0.717) is 12.6 Å². The fourth-order valence-electron chi connectivity index (χ4n) is 2.12. The van der Waals surface area contributed by atoms with Crippen molar-refractivity contribution in [3.8, 4) is 17.2 Å². The van der Waals surface area contributed by atoms with Gasteiger partial charge in [-0.3, -0.25) is 4.98 Å². The van der Waals surface area contributed by atoms with Crippen LogP contribution >= 0.6 is 0 Å². The molecular formula is C17H20N2O2. The number of aromatic nitrogens is 1. The molecule has 0 atom stereocenters. The minimum absolute atomic E-state index is 0.615. The van der Waals surface area contributed by atoms with E-state index in [-0.39, 0.29) is 0 Å². The van der Waals surface area contributed by atoms with Gasteiger partial charge in [0.1, 0.15) is 5.75 Å². The number of nitrogens with zero attached hydrogens (tertiary/aromatic N) is 1. The Morgan fingerprint density at radius 3 is 2.71 bits per heavy atom. The van der Waals surface area contributed by atoms with Gasteiger partial charge in [-0.1, -0.05) is 12.1 Å². The third kappa shape index (κ3) is 3.73. The molecule has 0 saturated heterocycles. The molecule has 4 heteroatoms. The lowest BCUT2D eigenvalue weighted by molar-refractivity contribution is 0.320. The van der Waals surface area contributed by atoms with Crippen LogP contribution in [0.25, 0.3) is 0 Å². The van der Waals surface area contributed by atoms with Crippen LogP contribution in [0, 0.1) is 0 Å². The van der Waals surface area contributed by atoms with Gasteiger partial charge in [-0.05, 0) is 38.0 Å². The van der Waals surface area contributed by atoms with Crippen molar-refractivity contribution in [3.63, 3.8) is 0 Å². The van der Waals surface area contributed by atoms with Crippen LogP contribution in [-0.2, 0) is 6.54 Å². The second kappa shape index (κ2) is 6.59. The fraction of sp³-hybridized carbons (Fsp3) is 0.353. The van der Waals surface area contributed by atoms with E-state index in [4.69, 9.17) is 9.47 Å². The van der Waals surface area contributed by atoms with Gasteiger partial charge in [-0.25, -0.2) is 0 Å². The minimum atomic E-state index is 0.615. The van der Waals surface area contributed by atoms with Crippen molar-refractivity contribution < 1.29 is 9.47 Å². The van der Waals surface area contributed by atoms with Crippen LogP contribution in [0.5, 0.6) is 17.2 Å². The van der Waals surface area contributed by atoms with Crippen molar-refractivity contribution in [3.05, 3.63) is 48.3 Å². The number of ether oxygens (including phenoxy) is 2. The number of hydrogen-bond donors (Lipinski definition) is 1. The van der Waals surface area contributed by atoms with Crippen LogP contribution in [0.15, 0.2) is 42.7 Å². The summed E-state index contributed by atoms with van der Waals surface area (Å²) in [4.78, 5) is 4.17. The molecule has 21 heavy (non-hydrogen) atoms. The summed E-state index contributed by atoms with van der Waals surface area (Å²) in [6, 6.07) is 10.4. The van der Waals surface area contributed by atoms with E-state index < -0.39 is 0 Å². The molecule has 110 valence electrons. The Balaban J connectivity index is 1.77. The van der Waals surface area contributed by atoms with Gasteiger partial charge >= 0.3 is 0 Å². The molecule has 1 N–H and O–H groups in total. The molecule has 0 bridgehead atoms. The molecule has 0 spiro atoms. The molecule has 1 saturated carbocycles. The van der Waals surface area contributed by atoms with Crippen LogP contribution in [-0.4, -0.2) is 17.6 Å². The van der Waals surface area contributed by atoms with Crippen molar-refractivity contribution in [2.24, 2.45) is 0 Å². The Labute approximate surface area is 125 Å². The van der Waals surface area contributed by atoms with Crippen LogP contribution in [0.2, 0.25) is 0 Å². The molecule has 2 aromatic rings. The van der Waals surface area contributed by atoms with Crippen LogP contribution in [0.3, 0.4) is 0 Å². The van der Waals surface area contributed by atoms with Gasteiger partial charge in [0.25, 0.3) is 0 Å². The summed E-state index contributed by atoms with van der Waals surface area (Å²) in [5.41, 5.74) is 1.11. The highest BCUT2D eigenvalue weighted by molar-refractivity contribution is 5.44. The Morgan fingerprint density at radius 1 is 1.14 bits per heavy atom. The quantitative estimate of drug-likeness (QED) is 0.844. The van der Waals surface area contributed by atoms with E-state index in [2.05, 4.69) is 10.3 Å². The third-order valence-electron chi connectivity index (χ3n) is 3.40. The fourth-order valence-corrected chi connectivity index (χ4v) is 2.12. The highest BCUT2D eigenvalue weighted by Crippen LogP contribution is 2.32. The molecule has 0 amide bonds. The highest BCUT2D eigenvalue weighted by Gasteiger charge is 2.20. The number of benzene rings is 1. The predicted octanol–water partition coefficient (Wildman–Crippen LogP) is 3.52. The van der Waals surface area contributed by atoms with E-state index in [0.717, 1.165) is 29.4 Å². The maximum Gasteiger partial charge on any atom is 0.169 e. The summed E-state index contributed by atoms with van der Waals surface area (Å²) < 4.78 is 11.6. The summed E-state index contributed by atoms with van der Waals surface area (Å²) in [5.74, 6) is 2.25. The van der Waals surface area contributed by atoms with Gasteiger partial charge in [0.15, 0.2) is 11.5 Å². The zero-order valence-electron chi connectivity index (χ0n) is 12.2. The topological polar surface area (TPSA) is 43.4 Å². The average molecular weight is 284 g/mol. The highest BCUT2D eigenvalue weighted by atomic mass is 16.5. The van der Waals surface area contributed by atoms with Gasteiger partial charge in [-0.2, -0.15) is 0 Å². The second-order valence-corrected chi connectivity index (χ2v) is 5.12. The lowest BCUT2D eigenvalue weighted by Crippen LogP contribution is -2.15. The van der Waals surface area contributed by atoms with Gasteiger partial charge in [0.05, 0.1) is 12.8 Å². The second-order valence-electron chi connectivity index (χ2n) is 5.12. The van der Waals surface area contributed by atoms with Crippen LogP contribution in [0.4, 0.5) is 0 Å². The Kier molecular flexibility index (Phi) is 4.36. The standard InChI is InChI=1S/C17H20N2O2/c1-2-20-15-5-3-4-6-16(15)21-17-12-18-10-9-13(17)11-19-14-7-8-14/h3-6,9-10,12,14,19H,2,7-8,11H2,1H3. The molecule has 1 heterocycles. The lowest BCUT2D eigenvalue weighted by atomic mass is 10.2. The number of pyridine rings is 1. The summed E-state index contributed by atoms with van der Waals surface area (Å²) in [7, 11) is 0. The predicted molar refractivity (Wildman–Crippen MR) is 81.8 cm³/mol. The SMILES string of the molecule is CCOc1ccccc1Oc1cnccc1CNC1CC1. The molecule has 3 rings (SSSR count). The molecule has 1 aliphatic rings. The van der Waals surface area contributed by atoms with Crippen molar-refractivity contribution in [2.45, 2.75) is 32.4 Å². The zero-order valence-corrected chi connectivity index (χ0v) is 12.2. The maximum absolute atomic E-state index is 6.02. The smallest absolute Gasteiger partial charge is 0.169 e. The maximum atomic E-state index is 6.02. The van der Waals surface area contributed by atoms with Crippen LogP contribution < -0.4 is 14.8 Å². The molecule has 4 nitrogen and oxygen atoms in total. The third-order valence-corrected chi connectivity index (χ3v) is 3.40. The van der Waals surface area contributed by atoms with Gasteiger partial charge < -0.3 is 14.8 Å². The molecule has 0 unspecified atom stereocenters. The van der Waals surface area contributed by atoms with E-state index in [1.54, 1.807) is 12.4 Å². The first-order valence-electron chi connectivity index (χ1n) is 7.42. The Morgan fingerprint density at radius 2 is 1.95 bits per heavy atom. The Hall–Kier alpha value is -2.07. The normalized spacial score (nSPS) is 14.0. The van der Waals surface area contributed by atoms with Gasteiger partial charge in [-0.15, -0.1) is 0 Å². The molecular weight excluding hydrogens is 264 g/mol. The van der Waals surface area contributed by atoms with E-state index >= 15 is 0 Å². The molecule has 0 aliphatic heterocycles. The first kappa shape index (κ1) is 13.9. The summed E-state index contributed by atoms with van der Waals surface area (Å²) >= 11 is 0. The molecule has 1 aromatic carbocycles. The molecule has 1 aliphatic carbocycles. The van der Waals surface area contributed by atoms with Crippen molar-refractivity contribution >= 4 is 0 Å². The van der Waals surface area contributed by atoms with Gasteiger partial charge in [0, 0.05) is 24.3 Å². The lowest BCUT2D eigenvalue weighted by Gasteiger charge is -2.14. The first-order valence-corrected chi connectivity index (χ1v) is 7.42. The zero-order chi connectivity index (χ0) is 14.5. The van der Waals surface area contributed by atoms with Gasteiger partial charge in [0.2, 0.25) is 0 Å². The summed E-state index contributed by atoms with van der Waals surface area (Å²) in [5, 5.41) is 3.50. The first-order chi connectivity index (χ1) is 10.4. The monoisotopic (exact) mass is 284 g/mol. The average Bonchev–Trinajstić information content (AvgIpc) is 3.33. The van der Waals surface area contributed by atoms with Crippen molar-refractivity contribution in [1.82, 2.24) is 10.3 Å². The number of rotatable bonds is 7. The Bertz CT molecular complexity index is 597. The molecule has 1 aromatic heterocycles. The van der Waals surface area contributed by atoms with Crippen LogP contribution in [0.1, 0.15) is 25.3 Å². The number of nitrogens with one attached hydrogen (secondary N) is 1. The largest absolute Gasteiger partial charge is 0.490 e. The van der Waals surface area contributed by atoms with E-state index in [1.165, 1.54) is 12.8 Å². The number of para-hydroxylation sites is 2. The number of hydrogen-bond acceptors (Lipinski definition) is 4. The van der Waals surface area contributed by atoms with E-state index in [9.17, 15) is 0 Å². The summed E-state index contributed by atoms with van der Waals surface area (Å²) in [6.07, 6.45) is 6.10. The van der Waals surface area contributed by atoms with E-state index in [1.807, 2.05) is 37.3 Å². The minimum Gasteiger partial charge on any atom is -0.490 e. The summed E-state index contributed by atoms with van der Waals surface area (Å²) in [6.45, 7) is 3.38.